The first-order chi connectivity index (χ1) is 4.84. The molecule has 1 heterocycles. The van der Waals surface area contributed by atoms with Crippen LogP contribution < -0.4 is 0 Å². The molecule has 0 spiro atoms. The zero-order valence-corrected chi connectivity index (χ0v) is 7.27. The summed E-state index contributed by atoms with van der Waals surface area (Å²) in [5.74, 6) is 0. The molecule has 0 bridgehead atoms. The summed E-state index contributed by atoms with van der Waals surface area (Å²) in [5, 5.41) is 1.34. The fraction of sp³-hybridized carbons (Fsp3) is 1.00. The van der Waals surface area contributed by atoms with Crippen LogP contribution in [0.3, 0.4) is 0 Å². The Labute approximate surface area is 73.4 Å². The van der Waals surface area contributed by atoms with Gasteiger partial charge >= 0.3 is 73.0 Å². The summed E-state index contributed by atoms with van der Waals surface area (Å²) in [6.07, 6.45) is 5.70. The number of nitrogens with zero attached hydrogens (tertiary/aromatic N) is 1. The Hall–Kier alpha value is 0.557. The molecule has 1 aliphatic rings. The third-order valence-corrected chi connectivity index (χ3v) is 2.54. The van der Waals surface area contributed by atoms with Gasteiger partial charge in [-0.05, 0) is 0 Å². The Morgan fingerprint density at radius 1 is 1.50 bits per heavy atom. The number of hydrogen-bond acceptors (Lipinski definition) is 1. The number of likely N-dealkylation sites (tertiary alicyclic amines) is 1. The first kappa shape index (κ1) is 8.65. The van der Waals surface area contributed by atoms with E-state index in [9.17, 15) is 0 Å². The predicted octanol–water partition coefficient (Wildman–Crippen LogP) is 1.45. The van der Waals surface area contributed by atoms with E-state index in [1.165, 1.54) is 37.3 Å². The van der Waals surface area contributed by atoms with Crippen LogP contribution in [0.2, 0.25) is 5.09 Å². The van der Waals surface area contributed by atoms with Crippen molar-refractivity contribution >= 4 is 17.7 Å². The van der Waals surface area contributed by atoms with Crippen LogP contribution in [0.1, 0.15) is 25.7 Å². The van der Waals surface area contributed by atoms with Gasteiger partial charge < -0.3 is 0 Å². The molecule has 1 saturated heterocycles. The molecule has 2 heteroatoms. The second kappa shape index (κ2) is 4.44. The Bertz CT molecular complexity index is 93.3. The van der Waals surface area contributed by atoms with E-state index in [0.717, 1.165) is 6.04 Å². The second-order valence-corrected chi connectivity index (χ2v) is 3.42. The van der Waals surface area contributed by atoms with E-state index in [-0.39, 0.29) is 0 Å². The fourth-order valence-electron chi connectivity index (χ4n) is 1.84. The zero-order chi connectivity index (χ0) is 7.40. The van der Waals surface area contributed by atoms with Gasteiger partial charge in [-0.25, -0.2) is 0 Å². The van der Waals surface area contributed by atoms with Gasteiger partial charge in [-0.3, -0.25) is 0 Å². The monoisotopic (exact) mass is 133 g/mol. The summed E-state index contributed by atoms with van der Waals surface area (Å²) < 4.78 is 0. The van der Waals surface area contributed by atoms with Gasteiger partial charge in [-0.15, -0.1) is 0 Å². The van der Waals surface area contributed by atoms with E-state index < -0.39 is 0 Å². The van der Waals surface area contributed by atoms with E-state index >= 15 is 0 Å². The molecule has 0 saturated carbocycles. The molecule has 0 aromatic heterocycles. The maximum atomic E-state index is 2.52. The van der Waals surface area contributed by atoms with Gasteiger partial charge in [0, 0.05) is 0 Å². The van der Waals surface area contributed by atoms with E-state index in [4.69, 9.17) is 0 Å². The van der Waals surface area contributed by atoms with Crippen molar-refractivity contribution in [2.24, 2.45) is 0 Å². The minimum absolute atomic E-state index is 0.902. The van der Waals surface area contributed by atoms with Crippen LogP contribution >= 0.6 is 0 Å². The van der Waals surface area contributed by atoms with Crippen molar-refractivity contribution < 1.29 is 0 Å². The molecule has 0 aromatic rings. The van der Waals surface area contributed by atoms with E-state index in [0.29, 0.717) is 0 Å². The van der Waals surface area contributed by atoms with E-state index in [2.05, 4.69) is 29.7 Å². The van der Waals surface area contributed by atoms with Gasteiger partial charge in [0.1, 0.15) is 0 Å². The molecule has 0 aromatic carbocycles. The molecular weight excluding hydrogens is 117 g/mol. The number of hydrogen-bond donors (Lipinski definition) is 0. The summed E-state index contributed by atoms with van der Waals surface area (Å²) in [6.45, 7) is 1.32. The van der Waals surface area contributed by atoms with E-state index in [1.54, 1.807) is 0 Å². The molecule has 1 atom stereocenters. The topological polar surface area (TPSA) is 3.24 Å². The Morgan fingerprint density at radius 2 is 2.30 bits per heavy atom. The van der Waals surface area contributed by atoms with Gasteiger partial charge in [0.25, 0.3) is 0 Å². The molecule has 0 radical (unpaired) electrons. The third kappa shape index (κ3) is 2.31. The molecule has 1 nitrogen and oxygen atoms in total. The van der Waals surface area contributed by atoms with Crippen molar-refractivity contribution in [1.82, 2.24) is 4.90 Å². The molecule has 0 aliphatic carbocycles. The first-order valence-corrected chi connectivity index (χ1v) is 4.55. The number of rotatable bonds is 2. The third-order valence-electron chi connectivity index (χ3n) is 2.54. The molecular formula is C8H16LiN. The van der Waals surface area contributed by atoms with Crippen LogP contribution in [0, 0.1) is 0 Å². The van der Waals surface area contributed by atoms with E-state index in [1.807, 2.05) is 0 Å². The summed E-state index contributed by atoms with van der Waals surface area (Å²) in [5.41, 5.74) is 0. The van der Waals surface area contributed by atoms with Crippen LogP contribution in [0.15, 0.2) is 0 Å². The number of piperidine rings is 1. The Morgan fingerprint density at radius 3 is 2.90 bits per heavy atom. The van der Waals surface area contributed by atoms with Gasteiger partial charge in [0.15, 0.2) is 0 Å². The van der Waals surface area contributed by atoms with Gasteiger partial charge in [-0.1, -0.05) is 0 Å². The standard InChI is InChI=1S/C8H16N.Li/c1-3-8-6-4-5-7-9(8)2;/h8H,1,3-7H2,2H3;. The molecule has 1 aliphatic heterocycles. The summed E-state index contributed by atoms with van der Waals surface area (Å²) >= 11 is 2.28. The van der Waals surface area contributed by atoms with Crippen molar-refractivity contribution in [1.29, 1.82) is 0 Å². The molecule has 0 amide bonds. The molecule has 10 heavy (non-hydrogen) atoms. The average Bonchev–Trinajstić information content (AvgIpc) is 1.94. The van der Waals surface area contributed by atoms with Crippen LogP contribution in [0.5, 0.6) is 0 Å². The van der Waals surface area contributed by atoms with Gasteiger partial charge in [0.05, 0.1) is 0 Å². The van der Waals surface area contributed by atoms with Crippen molar-refractivity contribution in [3.8, 4) is 0 Å². The predicted molar refractivity (Wildman–Crippen MR) is 45.4 cm³/mol. The molecule has 54 valence electrons. The van der Waals surface area contributed by atoms with Crippen LogP contribution in [-0.4, -0.2) is 42.2 Å². The summed E-state index contributed by atoms with van der Waals surface area (Å²) in [4.78, 5) is 2.52. The van der Waals surface area contributed by atoms with Crippen molar-refractivity contribution in [2.75, 3.05) is 13.6 Å². The van der Waals surface area contributed by atoms with Crippen LogP contribution in [-0.2, 0) is 0 Å². The van der Waals surface area contributed by atoms with Crippen LogP contribution in [0.4, 0.5) is 0 Å². The molecule has 1 unspecified atom stereocenters. The molecule has 1 fully saturated rings. The normalized spacial score (nSPS) is 28.9. The van der Waals surface area contributed by atoms with Crippen molar-refractivity contribution in [3.63, 3.8) is 0 Å². The fourth-order valence-corrected chi connectivity index (χ4v) is 1.84. The quantitative estimate of drug-likeness (QED) is 0.515. The SMILES string of the molecule is [Li][CH2]CC1CCCCN1C. The summed E-state index contributed by atoms with van der Waals surface area (Å²) in [7, 11) is 2.26. The van der Waals surface area contributed by atoms with Crippen molar-refractivity contribution in [2.45, 2.75) is 36.8 Å². The minimum atomic E-state index is 0.902. The summed E-state index contributed by atoms with van der Waals surface area (Å²) in [6, 6.07) is 0.902. The van der Waals surface area contributed by atoms with Crippen molar-refractivity contribution in [3.05, 3.63) is 0 Å². The van der Waals surface area contributed by atoms with Gasteiger partial charge in [0.2, 0.25) is 0 Å². The van der Waals surface area contributed by atoms with Crippen LogP contribution in [0.25, 0.3) is 0 Å². The molecule has 0 N–H and O–H groups in total. The Kier molecular flexibility index (Phi) is 3.84. The zero-order valence-electron chi connectivity index (χ0n) is 7.27. The second-order valence-electron chi connectivity index (χ2n) is 3.42. The van der Waals surface area contributed by atoms with Gasteiger partial charge in [-0.2, -0.15) is 0 Å². The maximum absolute atomic E-state index is 2.52. The average molecular weight is 133 g/mol. The molecule has 1 rings (SSSR count). The Balaban J connectivity index is 2.25. The first-order valence-electron chi connectivity index (χ1n) is 4.55.